The van der Waals surface area contributed by atoms with Crippen molar-refractivity contribution in [3.63, 3.8) is 0 Å². The lowest BCUT2D eigenvalue weighted by atomic mass is 10.1. The van der Waals surface area contributed by atoms with E-state index in [-0.39, 0.29) is 17.7 Å². The highest BCUT2D eigenvalue weighted by atomic mass is 16.2. The summed E-state index contributed by atoms with van der Waals surface area (Å²) in [5.41, 5.74) is 3.12. The summed E-state index contributed by atoms with van der Waals surface area (Å²) in [7, 11) is 1.58. The Kier molecular flexibility index (Phi) is 6.37. The molecule has 0 fully saturated rings. The number of benzene rings is 3. The lowest BCUT2D eigenvalue weighted by Crippen LogP contribution is -2.23. The van der Waals surface area contributed by atoms with Crippen LogP contribution in [0.4, 0.5) is 5.69 Å². The van der Waals surface area contributed by atoms with Gasteiger partial charge in [-0.2, -0.15) is 0 Å². The van der Waals surface area contributed by atoms with Crippen molar-refractivity contribution >= 4 is 23.4 Å². The molecular formula is C23H21N3O3. The normalized spacial score (nSPS) is 10.1. The van der Waals surface area contributed by atoms with Crippen LogP contribution in [-0.2, 0) is 6.54 Å². The number of carbonyl (C=O) groups excluding carboxylic acids is 3. The van der Waals surface area contributed by atoms with Crippen LogP contribution in [0, 0.1) is 0 Å². The second-order valence-corrected chi connectivity index (χ2v) is 6.36. The second kappa shape index (κ2) is 9.32. The first-order valence-corrected chi connectivity index (χ1v) is 9.12. The molecule has 6 heteroatoms. The Bertz CT molecular complexity index is 998. The molecule has 0 spiro atoms. The monoisotopic (exact) mass is 387 g/mol. The molecule has 0 aliphatic carbocycles. The van der Waals surface area contributed by atoms with Gasteiger partial charge in [0, 0.05) is 36.0 Å². The average molecular weight is 387 g/mol. The Morgan fingerprint density at radius 2 is 1.21 bits per heavy atom. The number of hydrogen-bond donors (Lipinski definition) is 3. The number of anilines is 1. The van der Waals surface area contributed by atoms with E-state index in [1.165, 1.54) is 0 Å². The maximum absolute atomic E-state index is 12.3. The van der Waals surface area contributed by atoms with Gasteiger partial charge in [0.15, 0.2) is 0 Å². The lowest BCUT2D eigenvalue weighted by molar-refractivity contribution is 0.0946. The summed E-state index contributed by atoms with van der Waals surface area (Å²) in [6.45, 7) is 0.347. The van der Waals surface area contributed by atoms with Gasteiger partial charge < -0.3 is 16.0 Å². The zero-order chi connectivity index (χ0) is 20.6. The maximum atomic E-state index is 12.3. The molecule has 0 saturated carbocycles. The average Bonchev–Trinajstić information content (AvgIpc) is 2.78. The van der Waals surface area contributed by atoms with E-state index >= 15 is 0 Å². The number of carbonyl (C=O) groups is 3. The van der Waals surface area contributed by atoms with Gasteiger partial charge in [-0.15, -0.1) is 0 Å². The van der Waals surface area contributed by atoms with Gasteiger partial charge in [-0.05, 0) is 54.1 Å². The fourth-order valence-corrected chi connectivity index (χ4v) is 2.70. The summed E-state index contributed by atoms with van der Waals surface area (Å²) in [5, 5.41) is 8.20. The molecule has 0 bridgehead atoms. The Hall–Kier alpha value is -3.93. The van der Waals surface area contributed by atoms with E-state index in [0.717, 1.165) is 5.56 Å². The van der Waals surface area contributed by atoms with Crippen molar-refractivity contribution in [3.05, 3.63) is 101 Å². The summed E-state index contributed by atoms with van der Waals surface area (Å²) in [6.07, 6.45) is 0. The second-order valence-electron chi connectivity index (χ2n) is 6.36. The first-order chi connectivity index (χ1) is 14.1. The topological polar surface area (TPSA) is 87.3 Å². The predicted octanol–water partition coefficient (Wildman–Crippen LogP) is 3.23. The summed E-state index contributed by atoms with van der Waals surface area (Å²) in [4.78, 5) is 36.0. The highest BCUT2D eigenvalue weighted by Gasteiger charge is 2.08. The van der Waals surface area contributed by atoms with Gasteiger partial charge in [0.2, 0.25) is 0 Å². The first-order valence-electron chi connectivity index (χ1n) is 9.12. The van der Waals surface area contributed by atoms with Gasteiger partial charge in [0.25, 0.3) is 17.7 Å². The molecule has 0 aliphatic rings. The lowest BCUT2D eigenvalue weighted by Gasteiger charge is -2.08. The van der Waals surface area contributed by atoms with Crippen LogP contribution in [-0.4, -0.2) is 24.8 Å². The van der Waals surface area contributed by atoms with E-state index in [0.29, 0.717) is 28.9 Å². The highest BCUT2D eigenvalue weighted by molar-refractivity contribution is 6.04. The number of hydrogen-bond acceptors (Lipinski definition) is 3. The highest BCUT2D eigenvalue weighted by Crippen LogP contribution is 2.12. The van der Waals surface area contributed by atoms with Crippen LogP contribution >= 0.6 is 0 Å². The van der Waals surface area contributed by atoms with Crippen molar-refractivity contribution in [2.45, 2.75) is 6.54 Å². The summed E-state index contributed by atoms with van der Waals surface area (Å²) >= 11 is 0. The predicted molar refractivity (Wildman–Crippen MR) is 112 cm³/mol. The van der Waals surface area contributed by atoms with E-state index in [9.17, 15) is 14.4 Å². The van der Waals surface area contributed by atoms with Crippen LogP contribution in [0.5, 0.6) is 0 Å². The molecule has 3 amide bonds. The molecule has 0 unspecified atom stereocenters. The fraction of sp³-hybridized carbons (Fsp3) is 0.0870. The summed E-state index contributed by atoms with van der Waals surface area (Å²) in [5.74, 6) is -0.579. The minimum Gasteiger partial charge on any atom is -0.355 e. The largest absolute Gasteiger partial charge is 0.355 e. The third-order valence-electron chi connectivity index (χ3n) is 4.34. The van der Waals surface area contributed by atoms with E-state index in [4.69, 9.17) is 0 Å². The molecule has 0 aliphatic heterocycles. The van der Waals surface area contributed by atoms with E-state index in [1.807, 2.05) is 6.07 Å². The van der Waals surface area contributed by atoms with Gasteiger partial charge in [0.1, 0.15) is 0 Å². The molecule has 3 aromatic carbocycles. The molecular weight excluding hydrogens is 366 g/mol. The Labute approximate surface area is 169 Å². The minimum atomic E-state index is -0.221. The molecule has 0 radical (unpaired) electrons. The van der Waals surface area contributed by atoms with Crippen LogP contribution in [0.3, 0.4) is 0 Å². The van der Waals surface area contributed by atoms with Crippen molar-refractivity contribution in [3.8, 4) is 0 Å². The zero-order valence-corrected chi connectivity index (χ0v) is 15.9. The SMILES string of the molecule is CNC(=O)c1ccc(CNC(=O)c2ccc(NC(=O)c3ccccc3)cc2)cc1. The van der Waals surface area contributed by atoms with Gasteiger partial charge in [-0.3, -0.25) is 14.4 Å². The summed E-state index contributed by atoms with van der Waals surface area (Å²) < 4.78 is 0. The number of rotatable bonds is 6. The maximum Gasteiger partial charge on any atom is 0.255 e. The van der Waals surface area contributed by atoms with E-state index in [2.05, 4.69) is 16.0 Å². The Balaban J connectivity index is 1.55. The van der Waals surface area contributed by atoms with Gasteiger partial charge in [0.05, 0.1) is 0 Å². The molecule has 0 saturated heterocycles. The molecule has 0 aromatic heterocycles. The fourth-order valence-electron chi connectivity index (χ4n) is 2.70. The van der Waals surface area contributed by atoms with Crippen molar-refractivity contribution < 1.29 is 14.4 Å². The Morgan fingerprint density at radius 3 is 1.83 bits per heavy atom. The van der Waals surface area contributed by atoms with Crippen molar-refractivity contribution in [1.29, 1.82) is 0 Å². The molecule has 0 heterocycles. The first kappa shape index (κ1) is 19.8. The van der Waals surface area contributed by atoms with Gasteiger partial charge >= 0.3 is 0 Å². The van der Waals surface area contributed by atoms with Crippen molar-refractivity contribution in [1.82, 2.24) is 10.6 Å². The number of nitrogens with one attached hydrogen (secondary N) is 3. The molecule has 3 N–H and O–H groups in total. The van der Waals surface area contributed by atoms with Crippen LogP contribution in [0.15, 0.2) is 78.9 Å². The molecule has 3 aromatic rings. The molecule has 146 valence electrons. The molecule has 0 atom stereocenters. The third-order valence-corrected chi connectivity index (χ3v) is 4.34. The smallest absolute Gasteiger partial charge is 0.255 e. The zero-order valence-electron chi connectivity index (χ0n) is 15.9. The van der Waals surface area contributed by atoms with Gasteiger partial charge in [-0.1, -0.05) is 30.3 Å². The van der Waals surface area contributed by atoms with Crippen molar-refractivity contribution in [2.24, 2.45) is 0 Å². The van der Waals surface area contributed by atoms with Gasteiger partial charge in [-0.25, -0.2) is 0 Å². The van der Waals surface area contributed by atoms with Crippen LogP contribution in [0.2, 0.25) is 0 Å². The standard InChI is InChI=1S/C23H21N3O3/c1-24-21(27)18-9-7-16(8-10-18)15-25-22(28)19-11-13-20(14-12-19)26-23(29)17-5-3-2-4-6-17/h2-14H,15H2,1H3,(H,24,27)(H,25,28)(H,26,29). The Morgan fingerprint density at radius 1 is 0.655 bits per heavy atom. The van der Waals surface area contributed by atoms with Crippen molar-refractivity contribution in [2.75, 3.05) is 12.4 Å². The van der Waals surface area contributed by atoms with E-state index in [1.54, 1.807) is 79.8 Å². The quantitative estimate of drug-likeness (QED) is 0.607. The van der Waals surface area contributed by atoms with Crippen LogP contribution in [0.25, 0.3) is 0 Å². The van der Waals surface area contributed by atoms with Crippen LogP contribution < -0.4 is 16.0 Å². The molecule has 29 heavy (non-hydrogen) atoms. The third kappa shape index (κ3) is 5.29. The molecule has 6 nitrogen and oxygen atoms in total. The summed E-state index contributed by atoms with van der Waals surface area (Å²) in [6, 6.07) is 22.6. The molecule has 3 rings (SSSR count). The number of amides is 3. The van der Waals surface area contributed by atoms with E-state index < -0.39 is 0 Å². The minimum absolute atomic E-state index is 0.153. The van der Waals surface area contributed by atoms with Crippen LogP contribution in [0.1, 0.15) is 36.6 Å².